The summed E-state index contributed by atoms with van der Waals surface area (Å²) >= 11 is 0. The predicted molar refractivity (Wildman–Crippen MR) is 84.2 cm³/mol. The van der Waals surface area contributed by atoms with Crippen LogP contribution in [0.1, 0.15) is 45.4 Å². The van der Waals surface area contributed by atoms with Crippen LogP contribution in [0.2, 0.25) is 0 Å². The molecule has 1 saturated carbocycles. The van der Waals surface area contributed by atoms with Gasteiger partial charge >= 0.3 is 0 Å². The average Bonchev–Trinajstić information content (AvgIpc) is 2.75. The van der Waals surface area contributed by atoms with Gasteiger partial charge in [0.05, 0.1) is 13.2 Å². The van der Waals surface area contributed by atoms with E-state index >= 15 is 0 Å². The zero-order valence-electron chi connectivity index (χ0n) is 13.6. The van der Waals surface area contributed by atoms with Crippen molar-refractivity contribution in [3.63, 3.8) is 0 Å². The zero-order chi connectivity index (χ0) is 16.0. The van der Waals surface area contributed by atoms with Gasteiger partial charge in [0, 0.05) is 25.6 Å². The van der Waals surface area contributed by atoms with E-state index < -0.39 is 5.54 Å². The summed E-state index contributed by atoms with van der Waals surface area (Å²) in [5.74, 6) is -0.605. The standard InChI is InChI=1S/C16H29N3O3/c1-13(12-19-8-10-22-11-9-19)14(20)18-16(15(17)21)6-4-2-3-5-7-16/h13H,2-12H2,1H3,(H2,17,21)(H,18,20)/t13-/m0/s1. The molecule has 1 aliphatic heterocycles. The Morgan fingerprint density at radius 2 is 1.77 bits per heavy atom. The Morgan fingerprint density at radius 1 is 1.18 bits per heavy atom. The second-order valence-corrected chi connectivity index (χ2v) is 6.66. The van der Waals surface area contributed by atoms with Gasteiger partial charge in [-0.15, -0.1) is 0 Å². The third-order valence-electron chi connectivity index (χ3n) is 4.87. The molecule has 1 atom stereocenters. The number of nitrogens with two attached hydrogens (primary N) is 1. The van der Waals surface area contributed by atoms with E-state index in [9.17, 15) is 9.59 Å². The lowest BCUT2D eigenvalue weighted by Gasteiger charge is -2.33. The first-order valence-electron chi connectivity index (χ1n) is 8.45. The molecule has 126 valence electrons. The highest BCUT2D eigenvalue weighted by Gasteiger charge is 2.39. The molecule has 0 aromatic carbocycles. The molecule has 6 heteroatoms. The van der Waals surface area contributed by atoms with Crippen LogP contribution in [-0.4, -0.2) is 55.1 Å². The molecule has 1 heterocycles. The third kappa shape index (κ3) is 4.43. The van der Waals surface area contributed by atoms with Gasteiger partial charge in [-0.05, 0) is 12.8 Å². The Hall–Kier alpha value is -1.14. The summed E-state index contributed by atoms with van der Waals surface area (Å²) in [6.07, 6.45) is 5.43. The molecular formula is C16H29N3O3. The monoisotopic (exact) mass is 311 g/mol. The maximum Gasteiger partial charge on any atom is 0.243 e. The molecule has 6 nitrogen and oxygen atoms in total. The van der Waals surface area contributed by atoms with Crippen LogP contribution in [0.15, 0.2) is 0 Å². The van der Waals surface area contributed by atoms with Gasteiger partial charge in [-0.25, -0.2) is 0 Å². The van der Waals surface area contributed by atoms with E-state index in [1.54, 1.807) is 0 Å². The minimum Gasteiger partial charge on any atom is -0.379 e. The summed E-state index contributed by atoms with van der Waals surface area (Å²) in [6, 6.07) is 0. The van der Waals surface area contributed by atoms with E-state index in [1.807, 2.05) is 6.92 Å². The third-order valence-corrected chi connectivity index (χ3v) is 4.87. The van der Waals surface area contributed by atoms with Crippen molar-refractivity contribution < 1.29 is 14.3 Å². The van der Waals surface area contributed by atoms with Crippen LogP contribution in [0, 0.1) is 5.92 Å². The highest BCUT2D eigenvalue weighted by Crippen LogP contribution is 2.27. The number of hydrogen-bond donors (Lipinski definition) is 2. The molecule has 0 aromatic rings. The van der Waals surface area contributed by atoms with Crippen LogP contribution in [0.4, 0.5) is 0 Å². The summed E-state index contributed by atoms with van der Waals surface area (Å²) in [5.41, 5.74) is 4.78. The van der Waals surface area contributed by atoms with Gasteiger partial charge in [-0.1, -0.05) is 32.6 Å². The molecule has 0 bridgehead atoms. The minimum absolute atomic E-state index is 0.0628. The molecule has 2 rings (SSSR count). The minimum atomic E-state index is -0.840. The Labute approximate surface area is 132 Å². The van der Waals surface area contributed by atoms with E-state index in [0.717, 1.165) is 52.0 Å². The molecule has 1 saturated heterocycles. The van der Waals surface area contributed by atoms with Crippen molar-refractivity contribution in [3.05, 3.63) is 0 Å². The van der Waals surface area contributed by atoms with Crippen molar-refractivity contribution in [2.24, 2.45) is 11.7 Å². The highest BCUT2D eigenvalue weighted by molar-refractivity contribution is 5.91. The summed E-state index contributed by atoms with van der Waals surface area (Å²) in [6.45, 7) is 5.77. The smallest absolute Gasteiger partial charge is 0.243 e. The van der Waals surface area contributed by atoms with Crippen LogP contribution in [0.25, 0.3) is 0 Å². The molecular weight excluding hydrogens is 282 g/mol. The zero-order valence-corrected chi connectivity index (χ0v) is 13.6. The van der Waals surface area contributed by atoms with Crippen molar-refractivity contribution in [2.75, 3.05) is 32.8 Å². The number of morpholine rings is 1. The quantitative estimate of drug-likeness (QED) is 0.730. The van der Waals surface area contributed by atoms with Crippen molar-refractivity contribution >= 4 is 11.8 Å². The van der Waals surface area contributed by atoms with Crippen LogP contribution < -0.4 is 11.1 Å². The number of carbonyl (C=O) groups excluding carboxylic acids is 2. The Balaban J connectivity index is 1.93. The first-order chi connectivity index (χ1) is 10.5. The lowest BCUT2D eigenvalue weighted by molar-refractivity contribution is -0.134. The number of rotatable bonds is 5. The maximum absolute atomic E-state index is 12.5. The molecule has 0 aromatic heterocycles. The molecule has 2 aliphatic rings. The van der Waals surface area contributed by atoms with Gasteiger partial charge in [0.2, 0.25) is 11.8 Å². The SMILES string of the molecule is C[C@@H](CN1CCOCC1)C(=O)NC1(C(N)=O)CCCCCC1. The van der Waals surface area contributed by atoms with Crippen LogP contribution in [0.5, 0.6) is 0 Å². The Bertz CT molecular complexity index is 386. The largest absolute Gasteiger partial charge is 0.379 e. The van der Waals surface area contributed by atoms with Crippen molar-refractivity contribution in [2.45, 2.75) is 51.0 Å². The number of primary amides is 1. The lowest BCUT2D eigenvalue weighted by atomic mass is 9.88. The fraction of sp³-hybridized carbons (Fsp3) is 0.875. The molecule has 0 unspecified atom stereocenters. The number of amides is 2. The summed E-state index contributed by atoms with van der Waals surface area (Å²) in [7, 11) is 0. The fourth-order valence-corrected chi connectivity index (χ4v) is 3.38. The van der Waals surface area contributed by atoms with E-state index in [-0.39, 0.29) is 17.7 Å². The first-order valence-corrected chi connectivity index (χ1v) is 8.45. The number of nitrogens with one attached hydrogen (secondary N) is 1. The van der Waals surface area contributed by atoms with Gasteiger partial charge in [-0.3, -0.25) is 14.5 Å². The van der Waals surface area contributed by atoms with Gasteiger partial charge in [0.1, 0.15) is 5.54 Å². The van der Waals surface area contributed by atoms with Gasteiger partial charge in [-0.2, -0.15) is 0 Å². The van der Waals surface area contributed by atoms with Crippen LogP contribution in [-0.2, 0) is 14.3 Å². The average molecular weight is 311 g/mol. The number of nitrogens with zero attached hydrogens (tertiary/aromatic N) is 1. The number of hydrogen-bond acceptors (Lipinski definition) is 4. The molecule has 2 amide bonds. The number of ether oxygens (including phenoxy) is 1. The summed E-state index contributed by atoms with van der Waals surface area (Å²) in [5, 5.41) is 2.99. The first kappa shape index (κ1) is 17.2. The molecule has 3 N–H and O–H groups in total. The Morgan fingerprint density at radius 3 is 2.32 bits per heavy atom. The maximum atomic E-state index is 12.5. The predicted octanol–water partition coefficient (Wildman–Crippen LogP) is 0.649. The molecule has 22 heavy (non-hydrogen) atoms. The van der Waals surface area contributed by atoms with Gasteiger partial charge < -0.3 is 15.8 Å². The molecule has 0 spiro atoms. The van der Waals surface area contributed by atoms with Crippen LogP contribution in [0.3, 0.4) is 0 Å². The van der Waals surface area contributed by atoms with Crippen molar-refractivity contribution in [1.82, 2.24) is 10.2 Å². The molecule has 1 aliphatic carbocycles. The van der Waals surface area contributed by atoms with E-state index in [1.165, 1.54) is 0 Å². The van der Waals surface area contributed by atoms with Crippen molar-refractivity contribution in [1.29, 1.82) is 0 Å². The topological polar surface area (TPSA) is 84.7 Å². The number of carbonyl (C=O) groups is 2. The normalized spacial score (nSPS) is 24.2. The second-order valence-electron chi connectivity index (χ2n) is 6.66. The lowest BCUT2D eigenvalue weighted by Crippen LogP contribution is -2.59. The fourth-order valence-electron chi connectivity index (χ4n) is 3.38. The van der Waals surface area contributed by atoms with Gasteiger partial charge in [0.15, 0.2) is 0 Å². The van der Waals surface area contributed by atoms with Crippen LogP contribution >= 0.6 is 0 Å². The highest BCUT2D eigenvalue weighted by atomic mass is 16.5. The van der Waals surface area contributed by atoms with E-state index in [4.69, 9.17) is 10.5 Å². The summed E-state index contributed by atoms with van der Waals surface area (Å²) in [4.78, 5) is 26.7. The molecule has 2 fully saturated rings. The second kappa shape index (κ2) is 7.92. The molecule has 0 radical (unpaired) electrons. The van der Waals surface area contributed by atoms with E-state index in [0.29, 0.717) is 19.4 Å². The van der Waals surface area contributed by atoms with Gasteiger partial charge in [0.25, 0.3) is 0 Å². The van der Waals surface area contributed by atoms with E-state index in [2.05, 4.69) is 10.2 Å². The van der Waals surface area contributed by atoms with Crippen molar-refractivity contribution in [3.8, 4) is 0 Å². The Kier molecular flexibility index (Phi) is 6.20. The summed E-state index contributed by atoms with van der Waals surface area (Å²) < 4.78 is 5.32.